The molecule has 2 rings (SSSR count). The van der Waals surface area contributed by atoms with Gasteiger partial charge in [-0.25, -0.2) is 0 Å². The second-order valence-electron chi connectivity index (χ2n) is 3.44. The van der Waals surface area contributed by atoms with Gasteiger partial charge in [0.15, 0.2) is 0 Å². The lowest BCUT2D eigenvalue weighted by Crippen LogP contribution is -2.30. The van der Waals surface area contributed by atoms with Crippen molar-refractivity contribution in [1.82, 2.24) is 10.1 Å². The topological polar surface area (TPSA) is 91.1 Å². The van der Waals surface area contributed by atoms with Crippen molar-refractivity contribution in [2.75, 3.05) is 11.9 Å². The van der Waals surface area contributed by atoms with Crippen molar-refractivity contribution in [2.45, 2.75) is 6.92 Å². The lowest BCUT2D eigenvalue weighted by molar-refractivity contribution is -0.302. The minimum Gasteiger partial charge on any atom is -0.548 e. The number of anilines is 1. The highest BCUT2D eigenvalue weighted by Gasteiger charge is 2.04. The molecule has 0 atom stereocenters. The first-order valence-electron chi connectivity index (χ1n) is 4.99. The molecule has 0 bridgehead atoms. The van der Waals surface area contributed by atoms with Crippen molar-refractivity contribution in [1.29, 1.82) is 0 Å². The fourth-order valence-electron chi connectivity index (χ4n) is 1.33. The second kappa shape index (κ2) is 4.65. The van der Waals surface area contributed by atoms with Crippen LogP contribution >= 0.6 is 0 Å². The van der Waals surface area contributed by atoms with Crippen LogP contribution in [-0.4, -0.2) is 22.7 Å². The third kappa shape index (κ3) is 2.81. The molecule has 0 amide bonds. The number of aryl methyl sites for hydroxylation is 1. The molecule has 1 heterocycles. The van der Waals surface area contributed by atoms with Crippen LogP contribution in [0.1, 0.15) is 5.89 Å². The Balaban J connectivity index is 2.10. The Labute approximate surface area is 97.3 Å². The third-order valence-electron chi connectivity index (χ3n) is 2.11. The van der Waals surface area contributed by atoms with Gasteiger partial charge in [-0.1, -0.05) is 5.16 Å². The lowest BCUT2D eigenvalue weighted by atomic mass is 10.2. The number of hydrogen-bond donors (Lipinski definition) is 1. The summed E-state index contributed by atoms with van der Waals surface area (Å²) in [6, 6.07) is 7.04. The average molecular weight is 232 g/mol. The largest absolute Gasteiger partial charge is 0.548 e. The normalized spacial score (nSPS) is 10.2. The molecule has 1 aromatic heterocycles. The molecule has 0 aliphatic rings. The Bertz CT molecular complexity index is 519. The number of carbonyl (C=O) groups excluding carboxylic acids is 1. The number of aliphatic carboxylic acids is 1. The van der Waals surface area contributed by atoms with E-state index >= 15 is 0 Å². The van der Waals surface area contributed by atoms with Gasteiger partial charge < -0.3 is 19.7 Å². The molecule has 17 heavy (non-hydrogen) atoms. The standard InChI is InChI=1S/C11H11N3O3/c1-7-13-11(14-17-7)8-2-4-9(5-3-8)12-6-10(15)16/h2-5,12H,6H2,1H3,(H,15,16)/p-1. The first-order chi connectivity index (χ1) is 8.15. The highest BCUT2D eigenvalue weighted by atomic mass is 16.5. The SMILES string of the molecule is Cc1nc(-c2ccc(NCC(=O)[O-])cc2)no1. The van der Waals surface area contributed by atoms with E-state index < -0.39 is 5.97 Å². The summed E-state index contributed by atoms with van der Waals surface area (Å²) in [6.45, 7) is 1.49. The molecule has 0 aliphatic heterocycles. The van der Waals surface area contributed by atoms with Gasteiger partial charge >= 0.3 is 0 Å². The molecule has 0 unspecified atom stereocenters. The number of nitrogens with zero attached hydrogens (tertiary/aromatic N) is 2. The molecule has 0 spiro atoms. The second-order valence-corrected chi connectivity index (χ2v) is 3.44. The van der Waals surface area contributed by atoms with Crippen molar-refractivity contribution >= 4 is 11.7 Å². The quantitative estimate of drug-likeness (QED) is 0.810. The number of hydrogen-bond acceptors (Lipinski definition) is 6. The van der Waals surface area contributed by atoms with Gasteiger partial charge in [-0.15, -0.1) is 0 Å². The number of benzene rings is 1. The highest BCUT2D eigenvalue weighted by Crippen LogP contribution is 2.18. The van der Waals surface area contributed by atoms with Crippen LogP contribution in [0, 0.1) is 6.92 Å². The van der Waals surface area contributed by atoms with Crippen molar-refractivity contribution in [3.63, 3.8) is 0 Å². The first kappa shape index (κ1) is 11.1. The number of rotatable bonds is 4. The van der Waals surface area contributed by atoms with Gasteiger partial charge in [-0.05, 0) is 24.3 Å². The summed E-state index contributed by atoms with van der Waals surface area (Å²) in [5, 5.41) is 16.7. The molecule has 6 heteroatoms. The molecule has 0 aliphatic carbocycles. The number of carboxylic acid groups (broad SMARTS) is 1. The van der Waals surface area contributed by atoms with Crippen LogP contribution in [0.2, 0.25) is 0 Å². The van der Waals surface area contributed by atoms with Gasteiger partial charge in [0, 0.05) is 18.2 Å². The summed E-state index contributed by atoms with van der Waals surface area (Å²) in [5.74, 6) is -0.143. The van der Waals surface area contributed by atoms with Crippen LogP contribution in [0.25, 0.3) is 11.4 Å². The molecule has 2 aromatic rings. The Morgan fingerprint density at radius 1 is 1.41 bits per heavy atom. The number of carbonyl (C=O) groups is 1. The molecular formula is C11H10N3O3-. The van der Waals surface area contributed by atoms with Gasteiger partial charge in [0.25, 0.3) is 0 Å². The maximum Gasteiger partial charge on any atom is 0.223 e. The van der Waals surface area contributed by atoms with E-state index in [1.807, 2.05) is 0 Å². The molecule has 0 saturated heterocycles. The summed E-state index contributed by atoms with van der Waals surface area (Å²) in [4.78, 5) is 14.3. The maximum atomic E-state index is 10.3. The zero-order chi connectivity index (χ0) is 12.3. The minimum absolute atomic E-state index is 0.222. The van der Waals surface area contributed by atoms with E-state index in [1.54, 1.807) is 31.2 Å². The van der Waals surface area contributed by atoms with Gasteiger partial charge in [-0.2, -0.15) is 4.98 Å². The summed E-state index contributed by atoms with van der Waals surface area (Å²) in [6.07, 6.45) is 0. The number of aromatic nitrogens is 2. The van der Waals surface area contributed by atoms with Crippen LogP contribution in [0.15, 0.2) is 28.8 Å². The monoisotopic (exact) mass is 232 g/mol. The Morgan fingerprint density at radius 2 is 2.12 bits per heavy atom. The van der Waals surface area contributed by atoms with E-state index in [0.717, 1.165) is 5.56 Å². The molecule has 88 valence electrons. The van der Waals surface area contributed by atoms with Gasteiger partial charge in [0.1, 0.15) is 0 Å². The van der Waals surface area contributed by atoms with Crippen LogP contribution in [0.3, 0.4) is 0 Å². The smallest absolute Gasteiger partial charge is 0.223 e. The van der Waals surface area contributed by atoms with Gasteiger partial charge in [0.05, 0.1) is 12.5 Å². The molecule has 1 N–H and O–H groups in total. The van der Waals surface area contributed by atoms with Crippen LogP contribution in [0.4, 0.5) is 5.69 Å². The molecule has 0 saturated carbocycles. The fourth-order valence-corrected chi connectivity index (χ4v) is 1.33. The van der Waals surface area contributed by atoms with Crippen LogP contribution in [-0.2, 0) is 4.79 Å². The Kier molecular flexibility index (Phi) is 3.04. The number of carboxylic acids is 1. The van der Waals surface area contributed by atoms with E-state index in [1.165, 1.54) is 0 Å². The van der Waals surface area contributed by atoms with E-state index in [9.17, 15) is 9.90 Å². The lowest BCUT2D eigenvalue weighted by Gasteiger charge is -2.06. The number of nitrogens with one attached hydrogen (secondary N) is 1. The molecule has 6 nitrogen and oxygen atoms in total. The average Bonchev–Trinajstić information content (AvgIpc) is 2.74. The van der Waals surface area contributed by atoms with Crippen LogP contribution in [0.5, 0.6) is 0 Å². The summed E-state index contributed by atoms with van der Waals surface area (Å²) in [7, 11) is 0. The predicted molar refractivity (Wildman–Crippen MR) is 58.0 cm³/mol. The van der Waals surface area contributed by atoms with Crippen LogP contribution < -0.4 is 10.4 Å². The van der Waals surface area contributed by atoms with Gasteiger partial charge in [0.2, 0.25) is 11.7 Å². The summed E-state index contributed by atoms with van der Waals surface area (Å²) >= 11 is 0. The van der Waals surface area contributed by atoms with Crippen molar-refractivity contribution in [3.8, 4) is 11.4 Å². The third-order valence-corrected chi connectivity index (χ3v) is 2.11. The van der Waals surface area contributed by atoms with Crippen molar-refractivity contribution in [3.05, 3.63) is 30.2 Å². The zero-order valence-corrected chi connectivity index (χ0v) is 9.14. The van der Waals surface area contributed by atoms with E-state index in [2.05, 4.69) is 15.5 Å². The molecule has 0 radical (unpaired) electrons. The maximum absolute atomic E-state index is 10.3. The highest BCUT2D eigenvalue weighted by molar-refractivity contribution is 5.71. The fraction of sp³-hybridized carbons (Fsp3) is 0.182. The van der Waals surface area contributed by atoms with E-state index in [-0.39, 0.29) is 6.54 Å². The first-order valence-corrected chi connectivity index (χ1v) is 4.99. The Morgan fingerprint density at radius 3 is 2.65 bits per heavy atom. The zero-order valence-electron chi connectivity index (χ0n) is 9.14. The van der Waals surface area contributed by atoms with E-state index in [0.29, 0.717) is 17.4 Å². The van der Waals surface area contributed by atoms with E-state index in [4.69, 9.17) is 4.52 Å². The molecule has 1 aromatic carbocycles. The van der Waals surface area contributed by atoms with Crippen molar-refractivity contribution in [2.24, 2.45) is 0 Å². The predicted octanol–water partition coefficient (Wildman–Crippen LogP) is 0.207. The minimum atomic E-state index is -1.15. The van der Waals surface area contributed by atoms with Gasteiger partial charge in [-0.3, -0.25) is 0 Å². The van der Waals surface area contributed by atoms with Crippen molar-refractivity contribution < 1.29 is 14.4 Å². The summed E-state index contributed by atoms with van der Waals surface area (Å²) in [5.41, 5.74) is 1.50. The molecule has 0 fully saturated rings. The molecular weight excluding hydrogens is 222 g/mol. The Hall–Kier alpha value is -2.37. The summed E-state index contributed by atoms with van der Waals surface area (Å²) < 4.78 is 4.87.